The van der Waals surface area contributed by atoms with Gasteiger partial charge in [0.15, 0.2) is 0 Å². The summed E-state index contributed by atoms with van der Waals surface area (Å²) in [6.07, 6.45) is 9.10. The Morgan fingerprint density at radius 1 is 0.222 bits per heavy atom. The minimum atomic E-state index is -0.0669. The lowest BCUT2D eigenvalue weighted by atomic mass is 10.2. The molecule has 12 bridgehead atoms. The zero-order valence-electron chi connectivity index (χ0n) is 28.2. The number of phenolic OH excluding ortho intramolecular Hbond substituents is 6. The topological polar surface area (TPSA) is 199 Å². The van der Waals surface area contributed by atoms with Crippen molar-refractivity contribution in [3.63, 3.8) is 0 Å². The lowest BCUT2D eigenvalue weighted by Gasteiger charge is -1.97. The van der Waals surface area contributed by atoms with Gasteiger partial charge in [-0.15, -0.1) is 0 Å². The fraction of sp³-hybridized carbons (Fsp3) is 0. The van der Waals surface area contributed by atoms with E-state index < -0.39 is 0 Å². The summed E-state index contributed by atoms with van der Waals surface area (Å²) in [5.41, 5.74) is 1.55. The maximum Gasteiger partial charge on any atom is 0.141 e. The highest BCUT2D eigenvalue weighted by Crippen LogP contribution is 2.23. The Kier molecular flexibility index (Phi) is 9.72. The maximum absolute atomic E-state index is 10.5. The minimum Gasteiger partial charge on any atom is -0.506 e. The predicted molar refractivity (Wildman–Crippen MR) is 208 cm³/mol. The van der Waals surface area contributed by atoms with Crippen molar-refractivity contribution in [3.8, 4) is 34.5 Å². The van der Waals surface area contributed by atoms with E-state index in [4.69, 9.17) is 0 Å². The van der Waals surface area contributed by atoms with Gasteiger partial charge in [-0.3, -0.25) is 29.9 Å². The molecule has 0 atom stereocenters. The monoisotopic (exact) mass is 714 g/mol. The SMILES string of the molecule is Oc1ccc2cnc3cc(ccc3O)cnc3cc(ccc3O)cnc3cc(ccc3O)cnc3cc(ccc3O)cnc3cc(ccc3O)cnc1c2. The van der Waals surface area contributed by atoms with Gasteiger partial charge in [-0.2, -0.15) is 0 Å². The zero-order valence-corrected chi connectivity index (χ0v) is 28.2. The van der Waals surface area contributed by atoms with Crippen LogP contribution in [0.5, 0.6) is 34.5 Å². The Morgan fingerprint density at radius 2 is 0.370 bits per heavy atom. The molecule has 1 aromatic heterocycles. The minimum absolute atomic E-state index is 0.0669. The van der Waals surface area contributed by atoms with Crippen molar-refractivity contribution in [1.82, 2.24) is 29.9 Å². The van der Waals surface area contributed by atoms with Crippen LogP contribution in [0.1, 0.15) is 0 Å². The quantitative estimate of drug-likeness (QED) is 0.0880. The molecule has 0 saturated heterocycles. The molecule has 7 rings (SSSR count). The maximum atomic E-state index is 10.5. The first kappa shape index (κ1) is 34.6. The molecule has 0 aliphatic heterocycles. The highest BCUT2D eigenvalue weighted by atomic mass is 16.3. The van der Waals surface area contributed by atoms with E-state index in [-0.39, 0.29) is 67.6 Å². The number of benzene rings is 6. The largest absolute Gasteiger partial charge is 0.506 e. The van der Waals surface area contributed by atoms with Gasteiger partial charge >= 0.3 is 0 Å². The van der Waals surface area contributed by atoms with Gasteiger partial charge in [0.05, 0.1) is 0 Å². The molecule has 0 fully saturated rings. The Labute approximate surface area is 306 Å². The van der Waals surface area contributed by atoms with Crippen molar-refractivity contribution in [2.24, 2.45) is 0 Å². The first-order valence-electron chi connectivity index (χ1n) is 16.4. The van der Waals surface area contributed by atoms with Crippen LogP contribution in [0.2, 0.25) is 0 Å². The number of fused-ring (bicyclic) bond motifs is 12. The van der Waals surface area contributed by atoms with Gasteiger partial charge in [-0.05, 0) is 142 Å². The number of hydrogen-bond donors (Lipinski definition) is 6. The highest BCUT2D eigenvalue weighted by Gasteiger charge is 2.00. The van der Waals surface area contributed by atoms with Crippen LogP contribution in [0.3, 0.4) is 0 Å². The number of phenols is 6. The summed E-state index contributed by atoms with van der Waals surface area (Å²) in [7, 11) is 0. The summed E-state index contributed by atoms with van der Waals surface area (Å²) < 4.78 is 0. The van der Waals surface area contributed by atoms with Crippen molar-refractivity contribution in [3.05, 3.63) is 146 Å². The van der Waals surface area contributed by atoms with Crippen molar-refractivity contribution in [1.29, 1.82) is 0 Å². The molecule has 0 saturated carbocycles. The van der Waals surface area contributed by atoms with Crippen LogP contribution in [-0.4, -0.2) is 60.5 Å². The lowest BCUT2D eigenvalue weighted by Crippen LogP contribution is -1.78. The summed E-state index contributed by atoms with van der Waals surface area (Å²) >= 11 is 0. The highest BCUT2D eigenvalue weighted by molar-refractivity contribution is 5.76. The van der Waals surface area contributed by atoms with Crippen LogP contribution in [0, 0.1) is 0 Å². The van der Waals surface area contributed by atoms with E-state index in [0.717, 1.165) is 0 Å². The molecule has 0 aliphatic carbocycles. The van der Waals surface area contributed by atoms with Crippen molar-refractivity contribution in [2.75, 3.05) is 0 Å². The van der Waals surface area contributed by atoms with Gasteiger partial charge < -0.3 is 30.6 Å². The number of aromatic hydroxyl groups is 6. The molecule has 0 amide bonds. The van der Waals surface area contributed by atoms with Crippen molar-refractivity contribution >= 4 is 65.4 Å². The molecule has 0 spiro atoms. The fourth-order valence-corrected chi connectivity index (χ4v) is 5.21. The Hall–Kier alpha value is -7.86. The molecule has 0 radical (unpaired) electrons. The van der Waals surface area contributed by atoms with Gasteiger partial charge in [0.25, 0.3) is 0 Å². The van der Waals surface area contributed by atoms with Gasteiger partial charge in [0.1, 0.15) is 67.6 Å². The predicted octanol–water partition coefficient (Wildman–Crippen LogP) is 8.27. The number of hydrogen-bond acceptors (Lipinski definition) is 12. The third-order valence-electron chi connectivity index (χ3n) is 8.11. The van der Waals surface area contributed by atoms with Gasteiger partial charge in [-0.25, -0.2) is 0 Å². The van der Waals surface area contributed by atoms with Gasteiger partial charge in [0, 0.05) is 37.2 Å². The smallest absolute Gasteiger partial charge is 0.141 e. The van der Waals surface area contributed by atoms with Crippen LogP contribution in [0.15, 0.2) is 146 Å². The molecular formula is C42H30N6O6. The zero-order chi connectivity index (χ0) is 37.6. The van der Waals surface area contributed by atoms with Crippen LogP contribution >= 0.6 is 0 Å². The van der Waals surface area contributed by atoms with Crippen LogP contribution < -0.4 is 0 Å². The van der Waals surface area contributed by atoms with Crippen LogP contribution in [0.25, 0.3) is 65.4 Å². The molecule has 0 unspecified atom stereocenters. The standard InChI is InChI=1S/C42H30N6O6/c49-37-7-1-25-13-31(37)44-20-27-3-9-39(51)33(15-27)46-22-29-5-11-41(53)35(17-29)48-24-30-6-12-42(54)36(18-30)47-23-28-4-10-40(52)34(16-28)45-21-26-2-8-38(50)32(14-26)43-19-25/h1-24,49-54H. The molecule has 54 heavy (non-hydrogen) atoms. The van der Waals surface area contributed by atoms with E-state index in [2.05, 4.69) is 29.9 Å². The number of nitrogens with zero attached hydrogens (tertiary/aromatic N) is 6. The molecule has 6 aromatic carbocycles. The summed E-state index contributed by atoms with van der Waals surface area (Å²) in [6.45, 7) is 0. The van der Waals surface area contributed by atoms with E-state index in [1.165, 1.54) is 73.6 Å². The second-order valence-electron chi connectivity index (χ2n) is 12.0. The van der Waals surface area contributed by atoms with E-state index in [9.17, 15) is 30.6 Å². The first-order chi connectivity index (χ1) is 26.2. The number of rotatable bonds is 0. The third kappa shape index (κ3) is 8.19. The van der Waals surface area contributed by atoms with Crippen LogP contribution in [0.4, 0.5) is 0 Å². The van der Waals surface area contributed by atoms with Gasteiger partial charge in [0.2, 0.25) is 0 Å². The van der Waals surface area contributed by atoms with Crippen molar-refractivity contribution in [2.45, 2.75) is 0 Å². The second-order valence-corrected chi connectivity index (χ2v) is 12.0. The summed E-state index contributed by atoms with van der Waals surface area (Å²) in [6, 6.07) is 28.5. The van der Waals surface area contributed by atoms with E-state index in [1.54, 1.807) is 72.8 Å². The average Bonchev–Trinajstić information content (AvgIpc) is 3.17. The van der Waals surface area contributed by atoms with E-state index in [1.807, 2.05) is 0 Å². The normalized spacial score (nSPS) is 10.7. The second kappa shape index (κ2) is 15.2. The molecule has 1 heterocycles. The molecule has 0 aliphatic rings. The molecule has 264 valence electrons. The molecule has 6 N–H and O–H groups in total. The molecular weight excluding hydrogens is 684 g/mol. The average molecular weight is 715 g/mol. The molecule has 12 heteroatoms. The summed E-state index contributed by atoms with van der Waals surface area (Å²) in [5.74, 6) is -0.402. The Morgan fingerprint density at radius 3 is 0.519 bits per heavy atom. The Bertz CT molecular complexity index is 2430. The summed E-state index contributed by atoms with van der Waals surface area (Å²) in [4.78, 5) is 26.6. The van der Waals surface area contributed by atoms with E-state index in [0.29, 0.717) is 32.3 Å². The summed E-state index contributed by atoms with van der Waals surface area (Å²) in [5, 5.41) is 66.6. The molecule has 12 nitrogen and oxygen atoms in total. The third-order valence-corrected chi connectivity index (χ3v) is 8.11. The first-order valence-corrected chi connectivity index (χ1v) is 16.4. The van der Waals surface area contributed by atoms with Gasteiger partial charge in [-0.1, -0.05) is 0 Å². The van der Waals surface area contributed by atoms with Crippen LogP contribution in [-0.2, 0) is 0 Å². The van der Waals surface area contributed by atoms with E-state index >= 15 is 0 Å². The lowest BCUT2D eigenvalue weighted by molar-refractivity contribution is 0.479. The number of aromatic nitrogens is 6. The van der Waals surface area contributed by atoms with Crippen molar-refractivity contribution < 1.29 is 30.6 Å². The Balaban J connectivity index is 1.47. The molecule has 7 aromatic rings. The fourth-order valence-electron chi connectivity index (χ4n) is 5.21.